The van der Waals surface area contributed by atoms with Gasteiger partial charge in [0, 0.05) is 32.6 Å². The predicted octanol–water partition coefficient (Wildman–Crippen LogP) is 0.259. The summed E-state index contributed by atoms with van der Waals surface area (Å²) in [5.41, 5.74) is 0.284. The lowest BCUT2D eigenvalue weighted by molar-refractivity contribution is -0.129. The molecule has 2 heterocycles. The van der Waals surface area contributed by atoms with Gasteiger partial charge in [-0.05, 0) is 18.6 Å². The van der Waals surface area contributed by atoms with Crippen LogP contribution in [0.15, 0.2) is 12.1 Å². The molecule has 1 aliphatic rings. The smallest absolute Gasteiger partial charge is 0.271 e. The minimum atomic E-state index is -0.260. The van der Waals surface area contributed by atoms with Gasteiger partial charge in [-0.1, -0.05) is 6.92 Å². The van der Waals surface area contributed by atoms with Gasteiger partial charge in [-0.15, -0.1) is 10.2 Å². The van der Waals surface area contributed by atoms with Crippen LogP contribution in [0.4, 0.5) is 5.82 Å². The van der Waals surface area contributed by atoms with Crippen molar-refractivity contribution in [3.05, 3.63) is 17.8 Å². The van der Waals surface area contributed by atoms with E-state index in [1.165, 1.54) is 0 Å². The summed E-state index contributed by atoms with van der Waals surface area (Å²) in [5, 5.41) is 13.6. The Balaban J connectivity index is 1.91. The number of amides is 2. The molecular weight excluding hydrogens is 258 g/mol. The number of anilines is 1. The van der Waals surface area contributed by atoms with Gasteiger partial charge in [-0.3, -0.25) is 9.59 Å². The second kappa shape index (κ2) is 6.31. The van der Waals surface area contributed by atoms with Crippen LogP contribution in [0.1, 0.15) is 30.3 Å². The molecule has 1 aliphatic heterocycles. The molecule has 0 aliphatic carbocycles. The highest BCUT2D eigenvalue weighted by atomic mass is 16.2. The van der Waals surface area contributed by atoms with E-state index in [1.54, 1.807) is 19.2 Å². The van der Waals surface area contributed by atoms with Crippen molar-refractivity contribution in [2.45, 2.75) is 25.8 Å². The first-order chi connectivity index (χ1) is 9.63. The molecule has 2 N–H and O–H groups in total. The molecule has 20 heavy (non-hydrogen) atoms. The van der Waals surface area contributed by atoms with E-state index in [0.717, 1.165) is 13.0 Å². The van der Waals surface area contributed by atoms with Gasteiger partial charge in [0.25, 0.3) is 5.91 Å². The highest BCUT2D eigenvalue weighted by molar-refractivity contribution is 5.91. The Morgan fingerprint density at radius 1 is 1.40 bits per heavy atom. The molecule has 1 unspecified atom stereocenters. The quantitative estimate of drug-likeness (QED) is 0.824. The summed E-state index contributed by atoms with van der Waals surface area (Å²) in [4.78, 5) is 24.8. The number of carbonyl (C=O) groups excluding carboxylic acids is 2. The first-order valence-electron chi connectivity index (χ1n) is 6.74. The Hall–Kier alpha value is -2.18. The molecule has 7 heteroatoms. The van der Waals surface area contributed by atoms with Gasteiger partial charge >= 0.3 is 0 Å². The molecule has 7 nitrogen and oxygen atoms in total. The Morgan fingerprint density at radius 2 is 2.20 bits per heavy atom. The third-order valence-corrected chi connectivity index (χ3v) is 3.32. The van der Waals surface area contributed by atoms with Crippen molar-refractivity contribution in [1.82, 2.24) is 20.4 Å². The van der Waals surface area contributed by atoms with Gasteiger partial charge in [-0.25, -0.2) is 0 Å². The minimum absolute atomic E-state index is 0.176. The van der Waals surface area contributed by atoms with E-state index in [-0.39, 0.29) is 23.6 Å². The van der Waals surface area contributed by atoms with Crippen LogP contribution in [0.5, 0.6) is 0 Å². The maximum Gasteiger partial charge on any atom is 0.271 e. The van der Waals surface area contributed by atoms with Gasteiger partial charge in [0.2, 0.25) is 5.91 Å². The summed E-state index contributed by atoms with van der Waals surface area (Å²) in [6.45, 7) is 3.33. The summed E-state index contributed by atoms with van der Waals surface area (Å²) < 4.78 is 0. The van der Waals surface area contributed by atoms with Crippen molar-refractivity contribution in [2.75, 3.05) is 25.5 Å². The number of nitrogens with zero attached hydrogens (tertiary/aromatic N) is 3. The number of hydrogen-bond acceptors (Lipinski definition) is 5. The molecule has 2 rings (SSSR count). The lowest BCUT2D eigenvalue weighted by Gasteiger charge is -2.16. The van der Waals surface area contributed by atoms with Crippen molar-refractivity contribution < 1.29 is 9.59 Å². The van der Waals surface area contributed by atoms with E-state index < -0.39 is 0 Å². The minimum Gasteiger partial charge on any atom is -0.364 e. The molecule has 1 atom stereocenters. The number of carbonyl (C=O) groups is 2. The number of nitrogens with one attached hydrogen (secondary N) is 2. The average Bonchev–Trinajstić information content (AvgIpc) is 2.95. The summed E-state index contributed by atoms with van der Waals surface area (Å²) >= 11 is 0. The highest BCUT2D eigenvalue weighted by Crippen LogP contribution is 2.14. The number of hydrogen-bond donors (Lipinski definition) is 2. The standard InChI is InChI=1S/C13H19N5O2/c1-3-12(19)18-7-6-9(8-18)15-11-5-4-10(16-17-11)13(20)14-2/h4-5,9H,3,6-8H2,1-2H3,(H,14,20)(H,15,17). The third-order valence-electron chi connectivity index (χ3n) is 3.32. The second-order valence-corrected chi connectivity index (χ2v) is 4.71. The Labute approximate surface area is 117 Å². The van der Waals surface area contributed by atoms with E-state index in [2.05, 4.69) is 20.8 Å². The van der Waals surface area contributed by atoms with Crippen molar-refractivity contribution in [2.24, 2.45) is 0 Å². The fraction of sp³-hybridized carbons (Fsp3) is 0.538. The second-order valence-electron chi connectivity index (χ2n) is 4.71. The van der Waals surface area contributed by atoms with E-state index in [0.29, 0.717) is 18.8 Å². The molecule has 1 saturated heterocycles. The van der Waals surface area contributed by atoms with Gasteiger partial charge in [-0.2, -0.15) is 0 Å². The van der Waals surface area contributed by atoms with E-state index >= 15 is 0 Å². The summed E-state index contributed by atoms with van der Waals surface area (Å²) in [7, 11) is 1.55. The molecule has 0 saturated carbocycles. The molecule has 0 spiro atoms. The van der Waals surface area contributed by atoms with Gasteiger partial charge in [0.05, 0.1) is 0 Å². The topological polar surface area (TPSA) is 87.2 Å². The molecule has 0 bridgehead atoms. The highest BCUT2D eigenvalue weighted by Gasteiger charge is 2.25. The normalized spacial score (nSPS) is 17.9. The monoisotopic (exact) mass is 277 g/mol. The lowest BCUT2D eigenvalue weighted by Crippen LogP contribution is -2.31. The summed E-state index contributed by atoms with van der Waals surface area (Å²) in [6, 6.07) is 3.53. The Morgan fingerprint density at radius 3 is 2.80 bits per heavy atom. The maximum atomic E-state index is 11.6. The fourth-order valence-corrected chi connectivity index (χ4v) is 2.20. The maximum absolute atomic E-state index is 11.6. The molecule has 0 aromatic carbocycles. The summed E-state index contributed by atoms with van der Waals surface area (Å²) in [6.07, 6.45) is 1.43. The number of rotatable bonds is 4. The zero-order valence-electron chi connectivity index (χ0n) is 11.7. The van der Waals surface area contributed by atoms with E-state index in [1.807, 2.05) is 11.8 Å². The summed E-state index contributed by atoms with van der Waals surface area (Å²) in [5.74, 6) is 0.536. The first kappa shape index (κ1) is 14.2. The van der Waals surface area contributed by atoms with Crippen molar-refractivity contribution in [3.63, 3.8) is 0 Å². The van der Waals surface area contributed by atoms with Crippen LogP contribution in [0, 0.1) is 0 Å². The SMILES string of the molecule is CCC(=O)N1CCC(Nc2ccc(C(=O)NC)nn2)C1. The van der Waals surface area contributed by atoms with E-state index in [4.69, 9.17) is 0 Å². The molecule has 2 amide bonds. The molecule has 108 valence electrons. The predicted molar refractivity (Wildman–Crippen MR) is 74.3 cm³/mol. The van der Waals surface area contributed by atoms with Crippen LogP contribution >= 0.6 is 0 Å². The van der Waals surface area contributed by atoms with Crippen LogP contribution in [-0.4, -0.2) is 53.1 Å². The average molecular weight is 277 g/mol. The van der Waals surface area contributed by atoms with Gasteiger partial charge < -0.3 is 15.5 Å². The van der Waals surface area contributed by atoms with Crippen LogP contribution in [0.2, 0.25) is 0 Å². The van der Waals surface area contributed by atoms with Crippen molar-refractivity contribution >= 4 is 17.6 Å². The molecule has 1 fully saturated rings. The van der Waals surface area contributed by atoms with E-state index in [9.17, 15) is 9.59 Å². The van der Waals surface area contributed by atoms with Crippen molar-refractivity contribution in [1.29, 1.82) is 0 Å². The fourth-order valence-electron chi connectivity index (χ4n) is 2.20. The Bertz CT molecular complexity index is 488. The molecule has 1 aromatic rings. The van der Waals surface area contributed by atoms with Crippen LogP contribution in [0.3, 0.4) is 0 Å². The zero-order chi connectivity index (χ0) is 14.5. The van der Waals surface area contributed by atoms with Crippen LogP contribution in [0.25, 0.3) is 0 Å². The number of likely N-dealkylation sites (tertiary alicyclic amines) is 1. The van der Waals surface area contributed by atoms with Gasteiger partial charge in [0.15, 0.2) is 5.69 Å². The van der Waals surface area contributed by atoms with Crippen LogP contribution in [-0.2, 0) is 4.79 Å². The molecule has 0 radical (unpaired) electrons. The van der Waals surface area contributed by atoms with Crippen LogP contribution < -0.4 is 10.6 Å². The third kappa shape index (κ3) is 3.23. The first-order valence-corrected chi connectivity index (χ1v) is 6.74. The molecular formula is C13H19N5O2. The zero-order valence-corrected chi connectivity index (χ0v) is 11.7. The number of aromatic nitrogens is 2. The lowest BCUT2D eigenvalue weighted by atomic mass is 10.2. The Kier molecular flexibility index (Phi) is 4.49. The largest absolute Gasteiger partial charge is 0.364 e. The molecule has 1 aromatic heterocycles. The van der Waals surface area contributed by atoms with Gasteiger partial charge in [0.1, 0.15) is 5.82 Å². The van der Waals surface area contributed by atoms with Crippen molar-refractivity contribution in [3.8, 4) is 0 Å².